The van der Waals surface area contributed by atoms with E-state index in [-0.39, 0.29) is 5.38 Å². The van der Waals surface area contributed by atoms with E-state index in [0.29, 0.717) is 5.92 Å². The molecule has 1 fully saturated rings. The average Bonchev–Trinajstić information content (AvgIpc) is 2.91. The summed E-state index contributed by atoms with van der Waals surface area (Å²) in [6.45, 7) is 13.4. The summed E-state index contributed by atoms with van der Waals surface area (Å²) in [5, 5.41) is 0.0758. The predicted octanol–water partition coefficient (Wildman–Crippen LogP) is 3.00. The number of fused-ring (bicyclic) bond motifs is 1. The summed E-state index contributed by atoms with van der Waals surface area (Å²) >= 11 is 6.41. The maximum atomic E-state index is 6.41. The van der Waals surface area contributed by atoms with Gasteiger partial charge in [0.05, 0.1) is 11.1 Å². The highest BCUT2D eigenvalue weighted by atomic mass is 35.5. The Labute approximate surface area is 175 Å². The number of rotatable bonds is 7. The summed E-state index contributed by atoms with van der Waals surface area (Å²) in [6.07, 6.45) is 10.8. The number of piperazine rings is 1. The Morgan fingerprint density at radius 3 is 2.61 bits per heavy atom. The number of aromatic nitrogens is 2. The largest absolute Gasteiger partial charge is 0.354 e. The molecule has 1 aromatic heterocycles. The number of halogens is 1. The van der Waals surface area contributed by atoms with Crippen LogP contribution in [0, 0.1) is 5.92 Å². The second kappa shape index (κ2) is 10.4. The smallest absolute Gasteiger partial charge is 0.135 e. The zero-order chi connectivity index (χ0) is 19.9. The lowest BCUT2D eigenvalue weighted by Crippen LogP contribution is -2.45. The van der Waals surface area contributed by atoms with Crippen molar-refractivity contribution in [3.05, 3.63) is 42.4 Å². The van der Waals surface area contributed by atoms with Crippen molar-refractivity contribution in [3.8, 4) is 0 Å². The van der Waals surface area contributed by atoms with Crippen LogP contribution in [0.15, 0.2) is 31.1 Å². The van der Waals surface area contributed by atoms with E-state index in [1.54, 1.807) is 6.33 Å². The highest BCUT2D eigenvalue weighted by Gasteiger charge is 2.24. The molecule has 3 heterocycles. The number of alkyl halides is 1. The molecule has 0 aromatic carbocycles. The van der Waals surface area contributed by atoms with Crippen LogP contribution < -0.4 is 4.90 Å². The monoisotopic (exact) mass is 403 g/mol. The van der Waals surface area contributed by atoms with Crippen LogP contribution in [-0.2, 0) is 12.8 Å². The minimum Gasteiger partial charge on any atom is -0.354 e. The molecule has 0 aliphatic carbocycles. The molecule has 0 amide bonds. The zero-order valence-corrected chi connectivity index (χ0v) is 18.1. The molecule has 0 bridgehead atoms. The van der Waals surface area contributed by atoms with Gasteiger partial charge in [-0.05, 0) is 32.7 Å². The minimum absolute atomic E-state index is 0.0758. The SMILES string of the molecule is C=CC(CC(Cl)/C=C\C)CN1CCc2ncnc(N3CCN(C)CC3)c2CC1. The van der Waals surface area contributed by atoms with Crippen LogP contribution in [0.2, 0.25) is 0 Å². The lowest BCUT2D eigenvalue weighted by Gasteiger charge is -2.34. The van der Waals surface area contributed by atoms with E-state index in [9.17, 15) is 0 Å². The fourth-order valence-electron chi connectivity index (χ4n) is 4.18. The lowest BCUT2D eigenvalue weighted by atomic mass is 10.0. The van der Waals surface area contributed by atoms with Crippen molar-refractivity contribution in [2.24, 2.45) is 5.92 Å². The average molecular weight is 404 g/mol. The number of anilines is 1. The van der Waals surface area contributed by atoms with E-state index in [1.807, 2.05) is 13.0 Å². The van der Waals surface area contributed by atoms with E-state index < -0.39 is 0 Å². The number of hydrogen-bond acceptors (Lipinski definition) is 5. The molecule has 3 rings (SSSR count). The first kappa shape index (κ1) is 21.3. The van der Waals surface area contributed by atoms with Gasteiger partial charge in [-0.25, -0.2) is 9.97 Å². The number of nitrogens with zero attached hydrogens (tertiary/aromatic N) is 5. The minimum atomic E-state index is 0.0758. The van der Waals surface area contributed by atoms with Crippen LogP contribution >= 0.6 is 11.6 Å². The number of hydrogen-bond donors (Lipinski definition) is 0. The highest BCUT2D eigenvalue weighted by Crippen LogP contribution is 2.25. The van der Waals surface area contributed by atoms with Crippen LogP contribution in [0.5, 0.6) is 0 Å². The quantitative estimate of drug-likeness (QED) is 0.516. The number of allylic oxidation sites excluding steroid dienone is 2. The Bertz CT molecular complexity index is 669. The molecule has 2 atom stereocenters. The van der Waals surface area contributed by atoms with Gasteiger partial charge in [0.25, 0.3) is 0 Å². The summed E-state index contributed by atoms with van der Waals surface area (Å²) < 4.78 is 0. The Morgan fingerprint density at radius 2 is 1.89 bits per heavy atom. The fourth-order valence-corrected chi connectivity index (χ4v) is 4.56. The van der Waals surface area contributed by atoms with E-state index in [2.05, 4.69) is 50.4 Å². The first-order valence-electron chi connectivity index (χ1n) is 10.5. The molecule has 0 saturated carbocycles. The topological polar surface area (TPSA) is 35.5 Å². The van der Waals surface area contributed by atoms with Gasteiger partial charge < -0.3 is 14.7 Å². The second-order valence-corrected chi connectivity index (χ2v) is 8.55. The molecule has 6 heteroatoms. The van der Waals surface area contributed by atoms with Gasteiger partial charge in [0.15, 0.2) is 0 Å². The van der Waals surface area contributed by atoms with Gasteiger partial charge in [0.2, 0.25) is 0 Å². The lowest BCUT2D eigenvalue weighted by molar-refractivity contribution is 0.255. The van der Waals surface area contributed by atoms with Crippen molar-refractivity contribution in [1.29, 1.82) is 0 Å². The molecule has 0 spiro atoms. The Kier molecular flexibility index (Phi) is 7.89. The van der Waals surface area contributed by atoms with Crippen LogP contribution in [0.25, 0.3) is 0 Å². The molecule has 28 heavy (non-hydrogen) atoms. The first-order chi connectivity index (χ1) is 13.6. The first-order valence-corrected chi connectivity index (χ1v) is 10.9. The van der Waals surface area contributed by atoms with Gasteiger partial charge in [0, 0.05) is 57.8 Å². The number of likely N-dealkylation sites (N-methyl/N-ethyl adjacent to an activating group) is 1. The van der Waals surface area contributed by atoms with Crippen molar-refractivity contribution < 1.29 is 0 Å². The summed E-state index contributed by atoms with van der Waals surface area (Å²) in [7, 11) is 2.19. The molecular formula is C22H34ClN5. The van der Waals surface area contributed by atoms with E-state index >= 15 is 0 Å². The van der Waals surface area contributed by atoms with Gasteiger partial charge in [-0.1, -0.05) is 18.2 Å². The van der Waals surface area contributed by atoms with E-state index in [4.69, 9.17) is 11.6 Å². The molecular weight excluding hydrogens is 370 g/mol. The maximum Gasteiger partial charge on any atom is 0.135 e. The van der Waals surface area contributed by atoms with Crippen LogP contribution in [-0.4, -0.2) is 78.0 Å². The molecule has 5 nitrogen and oxygen atoms in total. The molecule has 1 saturated heterocycles. The standard InChI is InChI=1S/C22H34ClN5/c1-4-6-19(23)15-18(5-2)16-27-9-7-20-21(8-10-27)24-17-25-22(20)28-13-11-26(3)12-14-28/h4-6,17-19H,2,7-16H2,1,3H3/b6-4-. The summed E-state index contributed by atoms with van der Waals surface area (Å²) in [5.74, 6) is 1.57. The predicted molar refractivity (Wildman–Crippen MR) is 118 cm³/mol. The Hall–Kier alpha value is -1.43. The second-order valence-electron chi connectivity index (χ2n) is 7.99. The van der Waals surface area contributed by atoms with Crippen molar-refractivity contribution in [2.75, 3.05) is 57.8 Å². The van der Waals surface area contributed by atoms with Gasteiger partial charge >= 0.3 is 0 Å². The summed E-state index contributed by atoms with van der Waals surface area (Å²) in [5.41, 5.74) is 2.58. The maximum absolute atomic E-state index is 6.41. The van der Waals surface area contributed by atoms with Gasteiger partial charge in [-0.15, -0.1) is 18.2 Å². The third-order valence-corrected chi connectivity index (χ3v) is 6.24. The van der Waals surface area contributed by atoms with Crippen LogP contribution in [0.4, 0.5) is 5.82 Å². The van der Waals surface area contributed by atoms with Gasteiger partial charge in [-0.2, -0.15) is 0 Å². The van der Waals surface area contributed by atoms with E-state index in [1.165, 1.54) is 11.3 Å². The van der Waals surface area contributed by atoms with Crippen molar-refractivity contribution in [3.63, 3.8) is 0 Å². The molecule has 2 aliphatic rings. The molecule has 154 valence electrons. The normalized spacial score (nSPS) is 21.3. The molecule has 2 aliphatic heterocycles. The molecule has 0 N–H and O–H groups in total. The summed E-state index contributed by atoms with van der Waals surface area (Å²) in [6, 6.07) is 0. The Morgan fingerprint density at radius 1 is 1.14 bits per heavy atom. The highest BCUT2D eigenvalue weighted by molar-refractivity contribution is 6.21. The van der Waals surface area contributed by atoms with Crippen molar-refractivity contribution in [1.82, 2.24) is 19.8 Å². The van der Waals surface area contributed by atoms with Crippen molar-refractivity contribution >= 4 is 17.4 Å². The van der Waals surface area contributed by atoms with Crippen LogP contribution in [0.1, 0.15) is 24.6 Å². The van der Waals surface area contributed by atoms with Gasteiger partial charge in [0.1, 0.15) is 12.1 Å². The molecule has 2 unspecified atom stereocenters. The third-order valence-electron chi connectivity index (χ3n) is 5.91. The van der Waals surface area contributed by atoms with Crippen LogP contribution in [0.3, 0.4) is 0 Å². The van der Waals surface area contributed by atoms with Gasteiger partial charge in [-0.3, -0.25) is 0 Å². The van der Waals surface area contributed by atoms with E-state index in [0.717, 1.165) is 70.9 Å². The fraction of sp³-hybridized carbons (Fsp3) is 0.636. The molecule has 0 radical (unpaired) electrons. The molecule has 1 aromatic rings. The summed E-state index contributed by atoms with van der Waals surface area (Å²) in [4.78, 5) is 16.7. The van der Waals surface area contributed by atoms with Crippen molar-refractivity contribution in [2.45, 2.75) is 31.6 Å². The third kappa shape index (κ3) is 5.56. The Balaban J connectivity index is 1.64. The zero-order valence-electron chi connectivity index (χ0n) is 17.4.